The average Bonchev–Trinajstić information content (AvgIpc) is 3.47. The molecular weight excluding hydrogens is 419 g/mol. The Bertz CT molecular complexity index is 1530. The number of para-hydroxylation sites is 1. The van der Waals surface area contributed by atoms with Crippen LogP contribution >= 0.6 is 0 Å². The molecule has 0 bridgehead atoms. The van der Waals surface area contributed by atoms with Crippen LogP contribution in [0.3, 0.4) is 0 Å². The fourth-order valence-electron chi connectivity index (χ4n) is 4.34. The minimum atomic E-state index is -0.359. The van der Waals surface area contributed by atoms with Crippen LogP contribution in [0, 0.1) is 5.82 Å². The lowest BCUT2D eigenvalue weighted by atomic mass is 10.0. The number of benzene rings is 2. The Morgan fingerprint density at radius 1 is 1.09 bits per heavy atom. The van der Waals surface area contributed by atoms with Crippen molar-refractivity contribution in [3.8, 4) is 28.4 Å². The quantitative estimate of drug-likeness (QED) is 0.377. The summed E-state index contributed by atoms with van der Waals surface area (Å²) in [5, 5.41) is 11.9. The van der Waals surface area contributed by atoms with Crippen molar-refractivity contribution in [3.63, 3.8) is 0 Å². The predicted molar refractivity (Wildman–Crippen MR) is 126 cm³/mol. The fourth-order valence-corrected chi connectivity index (χ4v) is 4.34. The third-order valence-electron chi connectivity index (χ3n) is 6.00. The van der Waals surface area contributed by atoms with E-state index in [4.69, 9.17) is 9.72 Å². The molecule has 33 heavy (non-hydrogen) atoms. The van der Waals surface area contributed by atoms with Crippen LogP contribution in [0.15, 0.2) is 54.7 Å². The lowest BCUT2D eigenvalue weighted by Gasteiger charge is -2.13. The zero-order valence-corrected chi connectivity index (χ0v) is 17.9. The van der Waals surface area contributed by atoms with Crippen LogP contribution in [-0.4, -0.2) is 45.3 Å². The molecule has 3 aromatic heterocycles. The Balaban J connectivity index is 1.48. The summed E-state index contributed by atoms with van der Waals surface area (Å²) < 4.78 is 19.4. The van der Waals surface area contributed by atoms with Crippen molar-refractivity contribution >= 4 is 27.5 Å². The second-order valence-electron chi connectivity index (χ2n) is 8.04. The van der Waals surface area contributed by atoms with E-state index < -0.39 is 0 Å². The summed E-state index contributed by atoms with van der Waals surface area (Å²) >= 11 is 0. The molecule has 0 saturated carbocycles. The van der Waals surface area contributed by atoms with Crippen LogP contribution < -0.4 is 10.1 Å². The number of nitrogens with one attached hydrogen (secondary N) is 3. The van der Waals surface area contributed by atoms with Crippen molar-refractivity contribution in [2.24, 2.45) is 0 Å². The SMILES string of the molecule is COc1cc(F)cc(-c2cccc3[nH]c(-c4n[nH]c5cnc(C6=CCNCC6)cc45)nc23)c1. The third-order valence-corrected chi connectivity index (χ3v) is 6.00. The molecule has 1 aliphatic heterocycles. The van der Waals surface area contributed by atoms with E-state index in [1.165, 1.54) is 24.8 Å². The smallest absolute Gasteiger partial charge is 0.159 e. The van der Waals surface area contributed by atoms with Crippen molar-refractivity contribution in [2.75, 3.05) is 20.2 Å². The van der Waals surface area contributed by atoms with E-state index in [-0.39, 0.29) is 5.82 Å². The molecular formula is C25H21FN6O. The van der Waals surface area contributed by atoms with E-state index in [9.17, 15) is 4.39 Å². The number of aromatic amines is 2. The van der Waals surface area contributed by atoms with E-state index in [1.54, 1.807) is 6.07 Å². The lowest BCUT2D eigenvalue weighted by Crippen LogP contribution is -2.20. The molecule has 6 rings (SSSR count). The summed E-state index contributed by atoms with van der Waals surface area (Å²) in [6.45, 7) is 1.80. The zero-order valence-electron chi connectivity index (χ0n) is 17.9. The highest BCUT2D eigenvalue weighted by Gasteiger charge is 2.17. The highest BCUT2D eigenvalue weighted by atomic mass is 19.1. The molecule has 2 aromatic carbocycles. The summed E-state index contributed by atoms with van der Waals surface area (Å²) in [6.07, 6.45) is 4.94. The third kappa shape index (κ3) is 3.44. The first-order chi connectivity index (χ1) is 16.2. The van der Waals surface area contributed by atoms with Gasteiger partial charge in [-0.15, -0.1) is 0 Å². The molecule has 0 unspecified atom stereocenters. The van der Waals surface area contributed by atoms with Crippen molar-refractivity contribution in [3.05, 3.63) is 66.2 Å². The Labute approximate surface area is 188 Å². The molecule has 5 aromatic rings. The Morgan fingerprint density at radius 3 is 2.88 bits per heavy atom. The number of hydrogen-bond acceptors (Lipinski definition) is 5. The number of nitrogens with zero attached hydrogens (tertiary/aromatic N) is 3. The largest absolute Gasteiger partial charge is 0.497 e. The van der Waals surface area contributed by atoms with Crippen molar-refractivity contribution in [1.82, 2.24) is 30.5 Å². The van der Waals surface area contributed by atoms with E-state index in [1.807, 2.05) is 24.4 Å². The fraction of sp³-hybridized carbons (Fsp3) is 0.160. The Hall–Kier alpha value is -4.04. The number of methoxy groups -OCH3 is 1. The van der Waals surface area contributed by atoms with Crippen molar-refractivity contribution < 1.29 is 9.13 Å². The number of rotatable bonds is 4. The Morgan fingerprint density at radius 2 is 2.03 bits per heavy atom. The number of imidazole rings is 1. The number of ether oxygens (including phenoxy) is 1. The lowest BCUT2D eigenvalue weighted by molar-refractivity contribution is 0.411. The van der Waals surface area contributed by atoms with Crippen LogP contribution in [0.5, 0.6) is 5.75 Å². The van der Waals surface area contributed by atoms with E-state index in [0.29, 0.717) is 17.1 Å². The van der Waals surface area contributed by atoms with Gasteiger partial charge < -0.3 is 15.0 Å². The zero-order chi connectivity index (χ0) is 22.4. The molecule has 0 fully saturated rings. The van der Waals surface area contributed by atoms with Crippen molar-refractivity contribution in [2.45, 2.75) is 6.42 Å². The van der Waals surface area contributed by atoms with Gasteiger partial charge in [0.25, 0.3) is 0 Å². The topological polar surface area (TPSA) is 91.5 Å². The van der Waals surface area contributed by atoms with Crippen molar-refractivity contribution in [1.29, 1.82) is 0 Å². The molecule has 0 aliphatic carbocycles. The minimum absolute atomic E-state index is 0.359. The molecule has 0 saturated heterocycles. The van der Waals surface area contributed by atoms with Gasteiger partial charge in [0.1, 0.15) is 17.3 Å². The normalized spacial score (nSPS) is 14.1. The second kappa shape index (κ2) is 7.83. The molecule has 3 N–H and O–H groups in total. The number of aromatic nitrogens is 5. The van der Waals surface area contributed by atoms with Crippen LogP contribution in [0.4, 0.5) is 4.39 Å². The maximum absolute atomic E-state index is 14.2. The summed E-state index contributed by atoms with van der Waals surface area (Å²) in [4.78, 5) is 12.9. The van der Waals surface area contributed by atoms with E-state index in [0.717, 1.165) is 58.4 Å². The molecule has 0 atom stereocenters. The Kier molecular flexibility index (Phi) is 4.66. The minimum Gasteiger partial charge on any atom is -0.497 e. The summed E-state index contributed by atoms with van der Waals surface area (Å²) in [6, 6.07) is 12.5. The first-order valence-electron chi connectivity index (χ1n) is 10.8. The monoisotopic (exact) mass is 440 g/mol. The van der Waals surface area contributed by atoms with Gasteiger partial charge in [0, 0.05) is 23.6 Å². The molecule has 0 amide bonds. The number of hydrogen-bond donors (Lipinski definition) is 3. The van der Waals surface area contributed by atoms with Gasteiger partial charge in [-0.2, -0.15) is 5.10 Å². The van der Waals surface area contributed by atoms with Crippen LogP contribution in [0.1, 0.15) is 12.1 Å². The number of pyridine rings is 1. The van der Waals surface area contributed by atoms with Gasteiger partial charge in [0.2, 0.25) is 0 Å². The molecule has 0 spiro atoms. The maximum atomic E-state index is 14.2. The second-order valence-corrected chi connectivity index (χ2v) is 8.04. The summed E-state index contributed by atoms with van der Waals surface area (Å²) in [5.74, 6) is 0.745. The number of H-pyrrole nitrogens is 2. The van der Waals surface area contributed by atoms with Gasteiger partial charge in [-0.05, 0) is 48.4 Å². The van der Waals surface area contributed by atoms with Gasteiger partial charge in [-0.25, -0.2) is 9.37 Å². The first-order valence-corrected chi connectivity index (χ1v) is 10.8. The van der Waals surface area contributed by atoms with Gasteiger partial charge in [0.15, 0.2) is 5.82 Å². The average molecular weight is 440 g/mol. The van der Waals surface area contributed by atoms with Crippen LogP contribution in [0.2, 0.25) is 0 Å². The molecule has 4 heterocycles. The summed E-state index contributed by atoms with van der Waals surface area (Å²) in [5.41, 5.74) is 6.86. The van der Waals surface area contributed by atoms with Crippen LogP contribution in [0.25, 0.3) is 50.2 Å². The van der Waals surface area contributed by atoms with E-state index in [2.05, 4.69) is 37.6 Å². The molecule has 7 nitrogen and oxygen atoms in total. The molecule has 0 radical (unpaired) electrons. The maximum Gasteiger partial charge on any atom is 0.159 e. The summed E-state index contributed by atoms with van der Waals surface area (Å²) in [7, 11) is 1.53. The van der Waals surface area contributed by atoms with Gasteiger partial charge >= 0.3 is 0 Å². The molecule has 164 valence electrons. The van der Waals surface area contributed by atoms with E-state index >= 15 is 0 Å². The highest BCUT2D eigenvalue weighted by Crippen LogP contribution is 2.34. The van der Waals surface area contributed by atoms with Gasteiger partial charge in [0.05, 0.1) is 35.6 Å². The molecule has 1 aliphatic rings. The number of halogens is 1. The highest BCUT2D eigenvalue weighted by molar-refractivity contribution is 5.97. The first kappa shape index (κ1) is 19.6. The number of fused-ring (bicyclic) bond motifs is 2. The predicted octanol–water partition coefficient (Wildman–Crippen LogP) is 4.69. The van der Waals surface area contributed by atoms with Gasteiger partial charge in [-0.1, -0.05) is 18.2 Å². The molecule has 8 heteroatoms. The standard InChI is InChI=1S/C25H21FN6O/c1-33-17-10-15(9-16(26)11-17)18-3-2-4-20-23(18)30-25(29-20)24-19-12-21(14-5-7-27-8-6-14)28-13-22(19)31-32-24/h2-5,9-13,27H,6-8H2,1H3,(H,29,30)(H,31,32). The van der Waals surface area contributed by atoms with Crippen LogP contribution in [-0.2, 0) is 0 Å². The van der Waals surface area contributed by atoms with Gasteiger partial charge in [-0.3, -0.25) is 10.1 Å².